The molecule has 18 heavy (non-hydrogen) atoms. The second kappa shape index (κ2) is 6.51. The summed E-state index contributed by atoms with van der Waals surface area (Å²) in [5, 5.41) is 0. The summed E-state index contributed by atoms with van der Waals surface area (Å²) in [7, 11) is -2.01. The number of benzene rings is 1. The van der Waals surface area contributed by atoms with E-state index < -0.39 is 10.0 Å². The molecular weight excluding hydrogens is 320 g/mol. The minimum absolute atomic E-state index is 0.0847. The molecule has 7 heteroatoms. The number of ether oxygens (including phenoxy) is 1. The van der Waals surface area contributed by atoms with Gasteiger partial charge >= 0.3 is 0 Å². The van der Waals surface area contributed by atoms with Crippen LogP contribution in [-0.4, -0.2) is 28.7 Å². The van der Waals surface area contributed by atoms with E-state index in [4.69, 9.17) is 10.5 Å². The van der Waals surface area contributed by atoms with Gasteiger partial charge in [-0.2, -0.15) is 0 Å². The molecule has 102 valence electrons. The zero-order valence-corrected chi connectivity index (χ0v) is 12.7. The smallest absolute Gasteiger partial charge is 0.242 e. The molecule has 0 aliphatic rings. The van der Waals surface area contributed by atoms with Crippen molar-refractivity contribution in [3.05, 3.63) is 22.7 Å². The van der Waals surface area contributed by atoms with Gasteiger partial charge in [0.15, 0.2) is 0 Å². The fourth-order valence-electron chi connectivity index (χ4n) is 1.41. The Balaban J connectivity index is 2.83. The summed E-state index contributed by atoms with van der Waals surface area (Å²) >= 11 is 3.23. The van der Waals surface area contributed by atoms with Crippen molar-refractivity contribution in [1.82, 2.24) is 4.72 Å². The van der Waals surface area contributed by atoms with E-state index in [-0.39, 0.29) is 16.5 Å². The number of anilines is 1. The number of halogens is 1. The van der Waals surface area contributed by atoms with Gasteiger partial charge in [0.25, 0.3) is 0 Å². The minimum Gasteiger partial charge on any atom is -0.398 e. The van der Waals surface area contributed by atoms with Crippen molar-refractivity contribution < 1.29 is 13.2 Å². The average molecular weight is 337 g/mol. The Bertz CT molecular complexity index is 505. The van der Waals surface area contributed by atoms with Gasteiger partial charge in [0.2, 0.25) is 10.0 Å². The third-order valence-electron chi connectivity index (χ3n) is 2.34. The fraction of sp³-hybridized carbons (Fsp3) is 0.455. The Hall–Kier alpha value is -0.630. The molecule has 0 bridgehead atoms. The molecule has 0 saturated heterocycles. The molecule has 1 unspecified atom stereocenters. The molecule has 0 fully saturated rings. The molecule has 1 aromatic carbocycles. The molecule has 0 radical (unpaired) electrons. The summed E-state index contributed by atoms with van der Waals surface area (Å²) < 4.78 is 32.3. The largest absolute Gasteiger partial charge is 0.398 e. The Kier molecular flexibility index (Phi) is 5.58. The van der Waals surface area contributed by atoms with Crippen LogP contribution in [0.5, 0.6) is 0 Å². The number of hydrogen-bond donors (Lipinski definition) is 2. The third-order valence-corrected chi connectivity index (χ3v) is 4.31. The van der Waals surface area contributed by atoms with Gasteiger partial charge in [-0.3, -0.25) is 0 Å². The quantitative estimate of drug-likeness (QED) is 0.773. The zero-order chi connectivity index (χ0) is 13.8. The van der Waals surface area contributed by atoms with E-state index in [1.807, 2.05) is 6.92 Å². The molecule has 3 N–H and O–H groups in total. The lowest BCUT2D eigenvalue weighted by Gasteiger charge is -2.13. The summed E-state index contributed by atoms with van der Waals surface area (Å²) in [4.78, 5) is 0.0847. The molecule has 0 amide bonds. The number of nitrogens with two attached hydrogens (primary N) is 1. The highest BCUT2D eigenvalue weighted by atomic mass is 79.9. The van der Waals surface area contributed by atoms with Crippen LogP contribution in [0.3, 0.4) is 0 Å². The van der Waals surface area contributed by atoms with Crippen molar-refractivity contribution in [3.63, 3.8) is 0 Å². The highest BCUT2D eigenvalue weighted by Gasteiger charge is 2.18. The first-order chi connectivity index (χ1) is 8.36. The number of hydrogen-bond acceptors (Lipinski definition) is 4. The topological polar surface area (TPSA) is 81.4 Å². The molecule has 0 aromatic heterocycles. The molecule has 5 nitrogen and oxygen atoms in total. The summed E-state index contributed by atoms with van der Waals surface area (Å²) in [5.41, 5.74) is 5.90. The van der Waals surface area contributed by atoms with Gasteiger partial charge in [-0.15, -0.1) is 0 Å². The standard InChI is InChI=1S/C11H17BrN2O3S/c1-8(7-17-2)6-14-18(15,16)11-5-9(12)3-4-10(11)13/h3-5,8,14H,6-7,13H2,1-2H3. The van der Waals surface area contributed by atoms with Crippen LogP contribution < -0.4 is 10.5 Å². The zero-order valence-electron chi connectivity index (χ0n) is 10.3. The SMILES string of the molecule is COCC(C)CNS(=O)(=O)c1cc(Br)ccc1N. The maximum Gasteiger partial charge on any atom is 0.242 e. The molecule has 1 rings (SSSR count). The lowest BCUT2D eigenvalue weighted by Crippen LogP contribution is -2.30. The Morgan fingerprint density at radius 3 is 2.78 bits per heavy atom. The van der Waals surface area contributed by atoms with E-state index in [1.165, 1.54) is 6.07 Å². The van der Waals surface area contributed by atoms with Crippen LogP contribution >= 0.6 is 15.9 Å². The molecule has 0 aliphatic carbocycles. The Morgan fingerprint density at radius 2 is 2.17 bits per heavy atom. The summed E-state index contributed by atoms with van der Waals surface area (Å²) in [6.07, 6.45) is 0. The fourth-order valence-corrected chi connectivity index (χ4v) is 3.25. The van der Waals surface area contributed by atoms with E-state index in [9.17, 15) is 8.42 Å². The van der Waals surface area contributed by atoms with Gasteiger partial charge in [0.1, 0.15) is 4.90 Å². The lowest BCUT2D eigenvalue weighted by molar-refractivity contribution is 0.161. The minimum atomic E-state index is -3.59. The lowest BCUT2D eigenvalue weighted by atomic mass is 10.2. The number of methoxy groups -OCH3 is 1. The van der Waals surface area contributed by atoms with Crippen molar-refractivity contribution in [2.45, 2.75) is 11.8 Å². The maximum absolute atomic E-state index is 12.1. The van der Waals surface area contributed by atoms with Gasteiger partial charge in [-0.1, -0.05) is 22.9 Å². The van der Waals surface area contributed by atoms with Crippen molar-refractivity contribution in [3.8, 4) is 0 Å². The number of nitrogen functional groups attached to an aromatic ring is 1. The van der Waals surface area contributed by atoms with E-state index in [1.54, 1.807) is 19.2 Å². The van der Waals surface area contributed by atoms with Crippen LogP contribution in [0, 0.1) is 5.92 Å². The van der Waals surface area contributed by atoms with Crippen LogP contribution in [0.4, 0.5) is 5.69 Å². The van der Waals surface area contributed by atoms with Crippen LogP contribution in [0.1, 0.15) is 6.92 Å². The summed E-state index contributed by atoms with van der Waals surface area (Å²) in [5.74, 6) is 0.0955. The molecular formula is C11H17BrN2O3S. The van der Waals surface area contributed by atoms with Gasteiger partial charge in [-0.05, 0) is 24.1 Å². The van der Waals surface area contributed by atoms with Crippen LogP contribution in [0.25, 0.3) is 0 Å². The van der Waals surface area contributed by atoms with Gasteiger partial charge in [-0.25, -0.2) is 13.1 Å². The molecule has 1 aromatic rings. The maximum atomic E-state index is 12.1. The predicted octanol–water partition coefficient (Wildman–Crippen LogP) is 1.59. The molecule has 0 spiro atoms. The normalized spacial score (nSPS) is 13.5. The van der Waals surface area contributed by atoms with E-state index in [2.05, 4.69) is 20.7 Å². The van der Waals surface area contributed by atoms with E-state index in [0.29, 0.717) is 17.6 Å². The Morgan fingerprint density at radius 1 is 1.50 bits per heavy atom. The number of sulfonamides is 1. The Labute approximate surface area is 116 Å². The molecule has 1 atom stereocenters. The summed E-state index contributed by atoms with van der Waals surface area (Å²) in [6.45, 7) is 2.70. The third kappa shape index (κ3) is 4.24. The number of nitrogens with one attached hydrogen (secondary N) is 1. The average Bonchev–Trinajstić information content (AvgIpc) is 2.30. The van der Waals surface area contributed by atoms with Crippen molar-refractivity contribution >= 4 is 31.6 Å². The molecule has 0 heterocycles. The first-order valence-electron chi connectivity index (χ1n) is 5.40. The highest BCUT2D eigenvalue weighted by Crippen LogP contribution is 2.22. The predicted molar refractivity (Wildman–Crippen MR) is 74.8 cm³/mol. The van der Waals surface area contributed by atoms with Gasteiger partial charge in [0, 0.05) is 24.7 Å². The second-order valence-electron chi connectivity index (χ2n) is 4.09. The summed E-state index contributed by atoms with van der Waals surface area (Å²) in [6, 6.07) is 4.73. The second-order valence-corrected chi connectivity index (χ2v) is 6.75. The van der Waals surface area contributed by atoms with E-state index in [0.717, 1.165) is 0 Å². The van der Waals surface area contributed by atoms with E-state index >= 15 is 0 Å². The van der Waals surface area contributed by atoms with Gasteiger partial charge < -0.3 is 10.5 Å². The van der Waals surface area contributed by atoms with Crippen LogP contribution in [0.15, 0.2) is 27.6 Å². The van der Waals surface area contributed by atoms with Crippen LogP contribution in [-0.2, 0) is 14.8 Å². The molecule has 0 saturated carbocycles. The monoisotopic (exact) mass is 336 g/mol. The first-order valence-corrected chi connectivity index (χ1v) is 7.68. The van der Waals surface area contributed by atoms with Crippen LogP contribution in [0.2, 0.25) is 0 Å². The van der Waals surface area contributed by atoms with Gasteiger partial charge in [0.05, 0.1) is 5.69 Å². The number of rotatable bonds is 6. The molecule has 0 aliphatic heterocycles. The van der Waals surface area contributed by atoms with Crippen molar-refractivity contribution in [2.75, 3.05) is 26.0 Å². The first kappa shape index (κ1) is 15.4. The van der Waals surface area contributed by atoms with Crippen molar-refractivity contribution in [2.24, 2.45) is 5.92 Å². The highest BCUT2D eigenvalue weighted by molar-refractivity contribution is 9.10. The van der Waals surface area contributed by atoms with Crippen molar-refractivity contribution in [1.29, 1.82) is 0 Å².